The third-order valence-electron chi connectivity index (χ3n) is 3.21. The number of nitrogens with one attached hydrogen (secondary N) is 1. The Kier molecular flexibility index (Phi) is 6.18. The van der Waals surface area contributed by atoms with E-state index >= 15 is 0 Å². The lowest BCUT2D eigenvalue weighted by Crippen LogP contribution is -2.17. The van der Waals surface area contributed by atoms with Crippen molar-refractivity contribution in [2.24, 2.45) is 0 Å². The first-order valence-electron chi connectivity index (χ1n) is 7.00. The molecule has 0 radical (unpaired) electrons. The number of hydrogen-bond donors (Lipinski definition) is 1. The normalized spacial score (nSPS) is 11.4. The minimum absolute atomic E-state index is 0.231. The smallest absolute Gasteiger partial charge is 0.406 e. The molecule has 0 spiro atoms. The SMILES string of the molecule is CSc1ccc(Cl)c(CC(=N)Cc2cccc(OC(F)(F)F)c2)c1. The molecule has 0 saturated heterocycles. The van der Waals surface area contributed by atoms with Gasteiger partial charge in [0.25, 0.3) is 0 Å². The first kappa shape index (κ1) is 18.7. The van der Waals surface area contributed by atoms with Gasteiger partial charge in [0, 0.05) is 28.5 Å². The molecule has 0 heterocycles. The molecule has 0 bridgehead atoms. The van der Waals surface area contributed by atoms with Gasteiger partial charge in [-0.25, -0.2) is 0 Å². The predicted octanol–water partition coefficient (Wildman–Crippen LogP) is 5.77. The number of ether oxygens (including phenoxy) is 1. The molecule has 128 valence electrons. The predicted molar refractivity (Wildman–Crippen MR) is 91.5 cm³/mol. The van der Waals surface area contributed by atoms with Gasteiger partial charge in [0.05, 0.1) is 0 Å². The van der Waals surface area contributed by atoms with E-state index in [9.17, 15) is 13.2 Å². The van der Waals surface area contributed by atoms with E-state index < -0.39 is 6.36 Å². The minimum Gasteiger partial charge on any atom is -0.406 e. The summed E-state index contributed by atoms with van der Waals surface area (Å²) in [5.74, 6) is -0.282. The van der Waals surface area contributed by atoms with Crippen LogP contribution in [-0.2, 0) is 12.8 Å². The van der Waals surface area contributed by atoms with Gasteiger partial charge in [0.15, 0.2) is 0 Å². The Morgan fingerprint density at radius 1 is 1.17 bits per heavy atom. The highest BCUT2D eigenvalue weighted by Crippen LogP contribution is 2.25. The molecule has 2 aromatic rings. The molecule has 0 aliphatic carbocycles. The fourth-order valence-electron chi connectivity index (χ4n) is 2.20. The summed E-state index contributed by atoms with van der Waals surface area (Å²) in [7, 11) is 0. The maximum absolute atomic E-state index is 12.3. The maximum Gasteiger partial charge on any atom is 0.573 e. The van der Waals surface area contributed by atoms with Crippen molar-refractivity contribution in [2.75, 3.05) is 6.26 Å². The zero-order valence-electron chi connectivity index (χ0n) is 12.8. The Bertz CT molecular complexity index is 734. The molecule has 24 heavy (non-hydrogen) atoms. The fraction of sp³-hybridized carbons (Fsp3) is 0.235. The van der Waals surface area contributed by atoms with Crippen LogP contribution < -0.4 is 4.74 Å². The molecule has 0 amide bonds. The lowest BCUT2D eigenvalue weighted by molar-refractivity contribution is -0.274. The first-order valence-corrected chi connectivity index (χ1v) is 8.60. The molecule has 0 unspecified atom stereocenters. The third kappa shape index (κ3) is 5.76. The Morgan fingerprint density at radius 3 is 2.58 bits per heavy atom. The largest absolute Gasteiger partial charge is 0.573 e. The molecule has 0 saturated carbocycles. The van der Waals surface area contributed by atoms with Crippen LogP contribution in [0.1, 0.15) is 11.1 Å². The van der Waals surface area contributed by atoms with Gasteiger partial charge in [-0.15, -0.1) is 24.9 Å². The molecule has 7 heteroatoms. The van der Waals surface area contributed by atoms with Crippen LogP contribution in [0.4, 0.5) is 13.2 Å². The van der Waals surface area contributed by atoms with E-state index in [1.165, 1.54) is 18.2 Å². The van der Waals surface area contributed by atoms with Crippen molar-refractivity contribution in [1.29, 1.82) is 5.41 Å². The van der Waals surface area contributed by atoms with Gasteiger partial charge in [-0.05, 0) is 47.7 Å². The van der Waals surface area contributed by atoms with Crippen molar-refractivity contribution in [3.63, 3.8) is 0 Å². The summed E-state index contributed by atoms with van der Waals surface area (Å²) < 4.78 is 40.7. The molecule has 0 aromatic heterocycles. The highest BCUT2D eigenvalue weighted by molar-refractivity contribution is 7.98. The van der Waals surface area contributed by atoms with Gasteiger partial charge in [0.1, 0.15) is 5.75 Å². The van der Waals surface area contributed by atoms with Crippen molar-refractivity contribution in [3.05, 3.63) is 58.6 Å². The minimum atomic E-state index is -4.72. The highest BCUT2D eigenvalue weighted by atomic mass is 35.5. The topological polar surface area (TPSA) is 33.1 Å². The molecule has 0 aliphatic rings. The van der Waals surface area contributed by atoms with Gasteiger partial charge in [-0.3, -0.25) is 0 Å². The second kappa shape index (κ2) is 7.94. The van der Waals surface area contributed by atoms with Crippen LogP contribution in [0.15, 0.2) is 47.4 Å². The van der Waals surface area contributed by atoms with Crippen LogP contribution >= 0.6 is 23.4 Å². The van der Waals surface area contributed by atoms with Crippen LogP contribution in [-0.4, -0.2) is 18.3 Å². The molecule has 2 nitrogen and oxygen atoms in total. The summed E-state index contributed by atoms with van der Waals surface area (Å²) in [6.45, 7) is 0. The van der Waals surface area contributed by atoms with E-state index in [0.29, 0.717) is 22.7 Å². The summed E-state index contributed by atoms with van der Waals surface area (Å²) in [5.41, 5.74) is 1.77. The quantitative estimate of drug-likeness (QED) is 0.515. The van der Waals surface area contributed by atoms with Gasteiger partial charge < -0.3 is 10.1 Å². The maximum atomic E-state index is 12.3. The van der Waals surface area contributed by atoms with Crippen molar-refractivity contribution in [2.45, 2.75) is 24.1 Å². The van der Waals surface area contributed by atoms with E-state index in [1.54, 1.807) is 23.9 Å². The first-order chi connectivity index (χ1) is 11.3. The molecule has 2 aromatic carbocycles. The average Bonchev–Trinajstić information content (AvgIpc) is 2.48. The summed E-state index contributed by atoms with van der Waals surface area (Å²) in [6, 6.07) is 11.3. The number of hydrogen-bond acceptors (Lipinski definition) is 3. The molecular formula is C17H15ClF3NOS. The standard InChI is InChI=1S/C17H15ClF3NOS/c1-24-15-5-6-16(18)12(10-15)9-13(22)7-11-3-2-4-14(8-11)23-17(19,20)21/h2-6,8,10,22H,7,9H2,1H3. The summed E-state index contributed by atoms with van der Waals surface area (Å²) in [5, 5.41) is 8.69. The Labute approximate surface area is 147 Å². The van der Waals surface area contributed by atoms with Crippen molar-refractivity contribution < 1.29 is 17.9 Å². The number of benzene rings is 2. The monoisotopic (exact) mass is 373 g/mol. The molecule has 0 aliphatic heterocycles. The summed E-state index contributed by atoms with van der Waals surface area (Å²) >= 11 is 7.72. The zero-order chi connectivity index (χ0) is 17.7. The van der Waals surface area contributed by atoms with Gasteiger partial charge in [-0.2, -0.15) is 0 Å². The molecule has 2 rings (SSSR count). The van der Waals surface area contributed by atoms with Gasteiger partial charge >= 0.3 is 6.36 Å². The molecule has 1 N–H and O–H groups in total. The highest BCUT2D eigenvalue weighted by Gasteiger charge is 2.31. The Hall–Kier alpha value is -1.66. The van der Waals surface area contributed by atoms with Gasteiger partial charge in [0.2, 0.25) is 0 Å². The van der Waals surface area contributed by atoms with Crippen molar-refractivity contribution in [3.8, 4) is 5.75 Å². The number of rotatable bonds is 6. The lowest BCUT2D eigenvalue weighted by atomic mass is 10.0. The third-order valence-corrected chi connectivity index (χ3v) is 4.30. The number of thioether (sulfide) groups is 1. The van der Waals surface area contributed by atoms with E-state index in [0.717, 1.165) is 10.5 Å². The second-order valence-corrected chi connectivity index (χ2v) is 6.40. The number of alkyl halides is 3. The van der Waals surface area contributed by atoms with Crippen LogP contribution in [0.2, 0.25) is 5.02 Å². The average molecular weight is 374 g/mol. The van der Waals surface area contributed by atoms with Crippen LogP contribution in [0.25, 0.3) is 0 Å². The molecule has 0 atom stereocenters. The van der Waals surface area contributed by atoms with E-state index in [-0.39, 0.29) is 12.2 Å². The van der Waals surface area contributed by atoms with Crippen LogP contribution in [0.5, 0.6) is 5.75 Å². The lowest BCUT2D eigenvalue weighted by Gasteiger charge is -2.11. The van der Waals surface area contributed by atoms with Crippen LogP contribution in [0, 0.1) is 5.41 Å². The number of halogens is 4. The van der Waals surface area contributed by atoms with Crippen molar-refractivity contribution in [1.82, 2.24) is 0 Å². The van der Waals surface area contributed by atoms with E-state index in [1.807, 2.05) is 18.4 Å². The van der Waals surface area contributed by atoms with Gasteiger partial charge in [-0.1, -0.05) is 23.7 Å². The molecular weight excluding hydrogens is 359 g/mol. The summed E-state index contributed by atoms with van der Waals surface area (Å²) in [6.07, 6.45) is -2.20. The van der Waals surface area contributed by atoms with E-state index in [4.69, 9.17) is 17.0 Å². The Balaban J connectivity index is 2.06. The van der Waals surface area contributed by atoms with E-state index in [2.05, 4.69) is 4.74 Å². The Morgan fingerprint density at radius 2 is 1.92 bits per heavy atom. The zero-order valence-corrected chi connectivity index (χ0v) is 14.4. The fourth-order valence-corrected chi connectivity index (χ4v) is 2.85. The van der Waals surface area contributed by atoms with Crippen molar-refractivity contribution >= 4 is 29.1 Å². The second-order valence-electron chi connectivity index (χ2n) is 5.11. The van der Waals surface area contributed by atoms with Crippen LogP contribution in [0.3, 0.4) is 0 Å². The summed E-state index contributed by atoms with van der Waals surface area (Å²) in [4.78, 5) is 1.04. The molecule has 0 fully saturated rings.